The number of cyclic esters (lactones) is 1. The first-order valence-corrected chi connectivity index (χ1v) is 9.15. The third kappa shape index (κ3) is 3.47. The summed E-state index contributed by atoms with van der Waals surface area (Å²) in [5, 5.41) is 7.03. The van der Waals surface area contributed by atoms with Crippen LogP contribution in [-0.4, -0.2) is 42.4 Å². The molecular formula is C19H22N4O4. The van der Waals surface area contributed by atoms with E-state index in [1.54, 1.807) is 24.1 Å². The number of amides is 3. The summed E-state index contributed by atoms with van der Waals surface area (Å²) in [5.41, 5.74) is 3.15. The van der Waals surface area contributed by atoms with Gasteiger partial charge in [-0.3, -0.25) is 4.90 Å². The van der Waals surface area contributed by atoms with Crippen molar-refractivity contribution in [1.82, 2.24) is 10.1 Å². The third-order valence-corrected chi connectivity index (χ3v) is 4.96. The lowest BCUT2D eigenvalue weighted by molar-refractivity contribution is 0.181. The monoisotopic (exact) mass is 370 g/mol. The lowest BCUT2D eigenvalue weighted by Gasteiger charge is -2.21. The second-order valence-corrected chi connectivity index (χ2v) is 6.81. The van der Waals surface area contributed by atoms with Crippen LogP contribution in [0.15, 0.2) is 28.8 Å². The van der Waals surface area contributed by atoms with Crippen LogP contribution in [-0.2, 0) is 24.1 Å². The summed E-state index contributed by atoms with van der Waals surface area (Å²) in [4.78, 5) is 27.6. The summed E-state index contributed by atoms with van der Waals surface area (Å²) in [6.07, 6.45) is 3.70. The quantitative estimate of drug-likeness (QED) is 0.893. The molecule has 1 aromatic heterocycles. The van der Waals surface area contributed by atoms with Gasteiger partial charge in [0.1, 0.15) is 18.1 Å². The van der Waals surface area contributed by atoms with E-state index in [1.165, 1.54) is 4.90 Å². The van der Waals surface area contributed by atoms with Crippen molar-refractivity contribution in [3.63, 3.8) is 0 Å². The molecule has 27 heavy (non-hydrogen) atoms. The van der Waals surface area contributed by atoms with Crippen LogP contribution in [0.3, 0.4) is 0 Å². The van der Waals surface area contributed by atoms with Gasteiger partial charge < -0.3 is 19.5 Å². The van der Waals surface area contributed by atoms with Crippen molar-refractivity contribution in [2.45, 2.75) is 32.2 Å². The summed E-state index contributed by atoms with van der Waals surface area (Å²) < 4.78 is 10.4. The number of carbonyl (C=O) groups excluding carboxylic acids is 2. The normalized spacial score (nSPS) is 16.0. The van der Waals surface area contributed by atoms with Gasteiger partial charge in [-0.2, -0.15) is 0 Å². The molecule has 0 saturated carbocycles. The standard InChI is InChI=1S/C19H22N4O4/c1-22(12-15-13-6-2-5-9-17(13)27-21-15)18(24)20-14-7-3-4-8-16(14)23-10-11-26-19(23)25/h3-4,7-8H,2,5-6,9-12H2,1H3,(H,20,24). The van der Waals surface area contributed by atoms with Crippen LogP contribution in [0.5, 0.6) is 0 Å². The maximum absolute atomic E-state index is 12.7. The van der Waals surface area contributed by atoms with E-state index in [1.807, 2.05) is 12.1 Å². The van der Waals surface area contributed by atoms with Crippen molar-refractivity contribution in [3.05, 3.63) is 41.3 Å². The molecule has 2 aliphatic rings. The molecule has 8 nitrogen and oxygen atoms in total. The maximum Gasteiger partial charge on any atom is 0.414 e. The Balaban J connectivity index is 1.46. The predicted molar refractivity (Wildman–Crippen MR) is 98.8 cm³/mol. The van der Waals surface area contributed by atoms with Crippen molar-refractivity contribution in [2.75, 3.05) is 30.4 Å². The number of urea groups is 1. The van der Waals surface area contributed by atoms with E-state index >= 15 is 0 Å². The number of aromatic nitrogens is 1. The predicted octanol–water partition coefficient (Wildman–Crippen LogP) is 3.17. The van der Waals surface area contributed by atoms with E-state index in [9.17, 15) is 9.59 Å². The molecule has 0 radical (unpaired) electrons. The van der Waals surface area contributed by atoms with Gasteiger partial charge in [0.15, 0.2) is 0 Å². The van der Waals surface area contributed by atoms with Crippen LogP contribution in [0.4, 0.5) is 21.0 Å². The van der Waals surface area contributed by atoms with E-state index in [-0.39, 0.29) is 6.03 Å². The SMILES string of the molecule is CN(Cc1noc2c1CCCC2)C(=O)Nc1ccccc1N1CCOC1=O. The van der Waals surface area contributed by atoms with E-state index < -0.39 is 6.09 Å². The lowest BCUT2D eigenvalue weighted by atomic mass is 9.96. The van der Waals surface area contributed by atoms with E-state index in [0.717, 1.165) is 42.7 Å². The van der Waals surface area contributed by atoms with Gasteiger partial charge in [0.05, 0.1) is 24.5 Å². The molecular weight excluding hydrogens is 348 g/mol. The van der Waals surface area contributed by atoms with Crippen LogP contribution in [0.1, 0.15) is 29.9 Å². The van der Waals surface area contributed by atoms with Crippen molar-refractivity contribution in [2.24, 2.45) is 0 Å². The highest BCUT2D eigenvalue weighted by Gasteiger charge is 2.27. The number of hydrogen-bond donors (Lipinski definition) is 1. The Bertz CT molecular complexity index is 863. The van der Waals surface area contributed by atoms with Gasteiger partial charge in [-0.15, -0.1) is 0 Å². The van der Waals surface area contributed by atoms with Gasteiger partial charge in [0, 0.05) is 19.0 Å². The van der Waals surface area contributed by atoms with Crippen LogP contribution in [0.25, 0.3) is 0 Å². The fourth-order valence-electron chi connectivity index (χ4n) is 3.51. The van der Waals surface area contributed by atoms with E-state index in [0.29, 0.717) is 31.1 Å². The van der Waals surface area contributed by atoms with Crippen molar-refractivity contribution in [1.29, 1.82) is 0 Å². The number of rotatable bonds is 4. The summed E-state index contributed by atoms with van der Waals surface area (Å²) in [7, 11) is 1.71. The van der Waals surface area contributed by atoms with Crippen molar-refractivity contribution in [3.8, 4) is 0 Å². The summed E-state index contributed by atoms with van der Waals surface area (Å²) in [6, 6.07) is 6.92. The molecule has 8 heteroatoms. The fraction of sp³-hybridized carbons (Fsp3) is 0.421. The lowest BCUT2D eigenvalue weighted by Crippen LogP contribution is -2.32. The molecule has 1 N–H and O–H groups in total. The zero-order chi connectivity index (χ0) is 18.8. The number of aryl methyl sites for hydroxylation is 1. The summed E-state index contributed by atoms with van der Waals surface area (Å²) in [5.74, 6) is 0.947. The first-order chi connectivity index (χ1) is 13.1. The number of nitrogens with zero attached hydrogens (tertiary/aromatic N) is 3. The minimum atomic E-state index is -0.403. The topological polar surface area (TPSA) is 87.9 Å². The molecule has 1 aliphatic carbocycles. The minimum absolute atomic E-state index is 0.275. The molecule has 1 aromatic carbocycles. The second-order valence-electron chi connectivity index (χ2n) is 6.81. The molecule has 1 fully saturated rings. The Labute approximate surface area is 157 Å². The summed E-state index contributed by atoms with van der Waals surface area (Å²) in [6.45, 7) is 1.18. The van der Waals surface area contributed by atoms with Gasteiger partial charge in [0.25, 0.3) is 0 Å². The molecule has 0 unspecified atom stereocenters. The maximum atomic E-state index is 12.7. The van der Waals surface area contributed by atoms with E-state index in [2.05, 4.69) is 10.5 Å². The molecule has 3 amide bonds. The average Bonchev–Trinajstić information content (AvgIpc) is 3.29. The molecule has 2 aromatic rings. The largest absolute Gasteiger partial charge is 0.447 e. The fourth-order valence-corrected chi connectivity index (χ4v) is 3.51. The van der Waals surface area contributed by atoms with Gasteiger partial charge in [-0.25, -0.2) is 9.59 Å². The first-order valence-electron chi connectivity index (χ1n) is 9.15. The first kappa shape index (κ1) is 17.4. The smallest absolute Gasteiger partial charge is 0.414 e. The number of benzene rings is 1. The zero-order valence-corrected chi connectivity index (χ0v) is 15.2. The minimum Gasteiger partial charge on any atom is -0.447 e. The molecule has 2 heterocycles. The number of nitrogens with one attached hydrogen (secondary N) is 1. The van der Waals surface area contributed by atoms with Crippen LogP contribution < -0.4 is 10.2 Å². The molecule has 0 atom stereocenters. The highest BCUT2D eigenvalue weighted by molar-refractivity contribution is 5.98. The Morgan fingerprint density at radius 3 is 2.93 bits per heavy atom. The third-order valence-electron chi connectivity index (χ3n) is 4.96. The van der Waals surface area contributed by atoms with Gasteiger partial charge in [0.2, 0.25) is 0 Å². The highest BCUT2D eigenvalue weighted by atomic mass is 16.6. The Hall–Kier alpha value is -3.03. The van der Waals surface area contributed by atoms with Crippen LogP contribution in [0.2, 0.25) is 0 Å². The molecule has 0 bridgehead atoms. The molecule has 1 saturated heterocycles. The number of carbonyl (C=O) groups is 2. The van der Waals surface area contributed by atoms with Crippen LogP contribution >= 0.6 is 0 Å². The van der Waals surface area contributed by atoms with E-state index in [4.69, 9.17) is 9.26 Å². The number of para-hydroxylation sites is 2. The number of fused-ring (bicyclic) bond motifs is 1. The summed E-state index contributed by atoms with van der Waals surface area (Å²) >= 11 is 0. The van der Waals surface area contributed by atoms with Crippen molar-refractivity contribution >= 4 is 23.5 Å². The number of ether oxygens (including phenoxy) is 1. The molecule has 4 rings (SSSR count). The Kier molecular flexibility index (Phi) is 4.70. The average molecular weight is 370 g/mol. The van der Waals surface area contributed by atoms with Crippen molar-refractivity contribution < 1.29 is 18.8 Å². The molecule has 142 valence electrons. The van der Waals surface area contributed by atoms with Gasteiger partial charge in [-0.1, -0.05) is 17.3 Å². The highest BCUT2D eigenvalue weighted by Crippen LogP contribution is 2.29. The van der Waals surface area contributed by atoms with Crippen LogP contribution in [0, 0.1) is 0 Å². The molecule has 1 aliphatic heterocycles. The second kappa shape index (κ2) is 7.30. The Morgan fingerprint density at radius 2 is 2.11 bits per heavy atom. The number of hydrogen-bond acceptors (Lipinski definition) is 5. The van der Waals surface area contributed by atoms with Gasteiger partial charge in [-0.05, 0) is 31.4 Å². The molecule has 0 spiro atoms. The van der Waals surface area contributed by atoms with Gasteiger partial charge >= 0.3 is 12.1 Å². The number of anilines is 2. The zero-order valence-electron chi connectivity index (χ0n) is 15.2. The Morgan fingerprint density at radius 1 is 1.30 bits per heavy atom.